The first-order valence-electron chi connectivity index (χ1n) is 4.46. The van der Waals surface area contributed by atoms with E-state index in [1.807, 2.05) is 0 Å². The van der Waals surface area contributed by atoms with E-state index in [1.54, 1.807) is 0 Å². The number of hydrogen-bond acceptors (Lipinski definition) is 2. The Morgan fingerprint density at radius 3 is 2.42 bits per heavy atom. The van der Waals surface area contributed by atoms with Gasteiger partial charge in [0.2, 0.25) is 0 Å². The van der Waals surface area contributed by atoms with Crippen molar-refractivity contribution in [2.45, 2.75) is 39.4 Å². The van der Waals surface area contributed by atoms with Crippen LogP contribution in [0.1, 0.15) is 19.8 Å². The predicted molar refractivity (Wildman–Crippen MR) is 53.3 cm³/mol. The molecule has 0 aliphatic carbocycles. The maximum atomic E-state index is 8.36. The highest BCUT2D eigenvalue weighted by atomic mass is 28.4. The fourth-order valence-corrected chi connectivity index (χ4v) is 1.57. The third kappa shape index (κ3) is 7.77. The first-order chi connectivity index (χ1) is 5.45. The van der Waals surface area contributed by atoms with Crippen LogP contribution in [0, 0.1) is 17.2 Å². The van der Waals surface area contributed by atoms with Gasteiger partial charge in [-0.2, -0.15) is 5.26 Å². The molecule has 0 heterocycles. The van der Waals surface area contributed by atoms with Crippen LogP contribution >= 0.6 is 0 Å². The lowest BCUT2D eigenvalue weighted by atomic mass is 10.1. The first kappa shape index (κ1) is 11.7. The Morgan fingerprint density at radius 2 is 2.00 bits per heavy atom. The second-order valence-corrected chi connectivity index (χ2v) is 8.74. The molecule has 2 nitrogen and oxygen atoms in total. The van der Waals surface area contributed by atoms with Crippen LogP contribution in [0.4, 0.5) is 0 Å². The Balaban J connectivity index is 3.45. The molecule has 0 saturated heterocycles. The van der Waals surface area contributed by atoms with E-state index >= 15 is 0 Å². The largest absolute Gasteiger partial charge is 0.417 e. The van der Waals surface area contributed by atoms with Gasteiger partial charge >= 0.3 is 0 Å². The molecule has 0 amide bonds. The molecule has 0 aromatic carbocycles. The number of nitriles is 1. The van der Waals surface area contributed by atoms with Gasteiger partial charge in [0.1, 0.15) is 0 Å². The normalized spacial score (nSPS) is 13.9. The maximum Gasteiger partial charge on any atom is 0.183 e. The van der Waals surface area contributed by atoms with Crippen molar-refractivity contribution in [2.75, 3.05) is 6.61 Å². The Bertz CT molecular complexity index is 157. The highest BCUT2D eigenvalue weighted by Gasteiger charge is 2.15. The van der Waals surface area contributed by atoms with E-state index < -0.39 is 8.32 Å². The molecule has 0 rings (SSSR count). The highest BCUT2D eigenvalue weighted by Crippen LogP contribution is 2.10. The predicted octanol–water partition coefficient (Wildman–Crippen LogP) is 2.78. The van der Waals surface area contributed by atoms with Crippen molar-refractivity contribution >= 4 is 8.32 Å². The van der Waals surface area contributed by atoms with Crippen molar-refractivity contribution in [3.8, 4) is 6.07 Å². The summed E-state index contributed by atoms with van der Waals surface area (Å²) < 4.78 is 5.72. The van der Waals surface area contributed by atoms with Crippen LogP contribution in [0.25, 0.3) is 0 Å². The number of hydrogen-bond donors (Lipinski definition) is 0. The van der Waals surface area contributed by atoms with Crippen molar-refractivity contribution in [1.29, 1.82) is 5.26 Å². The summed E-state index contributed by atoms with van der Waals surface area (Å²) in [6, 6.07) is 2.15. The zero-order valence-electron chi connectivity index (χ0n) is 8.55. The van der Waals surface area contributed by atoms with Gasteiger partial charge in [-0.05, 0) is 32.0 Å². The summed E-state index contributed by atoms with van der Waals surface area (Å²) in [5.41, 5.74) is 0. The average molecular weight is 185 g/mol. The zero-order chi connectivity index (χ0) is 9.61. The summed E-state index contributed by atoms with van der Waals surface area (Å²) in [4.78, 5) is 0. The molecule has 0 spiro atoms. The second-order valence-electron chi connectivity index (χ2n) is 4.23. The van der Waals surface area contributed by atoms with Crippen molar-refractivity contribution in [3.63, 3.8) is 0 Å². The van der Waals surface area contributed by atoms with E-state index in [0.29, 0.717) is 12.3 Å². The van der Waals surface area contributed by atoms with Crippen LogP contribution in [0.2, 0.25) is 19.6 Å². The van der Waals surface area contributed by atoms with Gasteiger partial charge < -0.3 is 4.43 Å². The Labute approximate surface area is 76.7 Å². The molecule has 1 atom stereocenters. The van der Waals surface area contributed by atoms with Gasteiger partial charge in [-0.1, -0.05) is 6.92 Å². The van der Waals surface area contributed by atoms with Crippen LogP contribution in [-0.2, 0) is 4.43 Å². The molecule has 0 saturated carbocycles. The molecule has 0 aliphatic heterocycles. The highest BCUT2D eigenvalue weighted by molar-refractivity contribution is 6.69. The minimum Gasteiger partial charge on any atom is -0.417 e. The molecule has 3 heteroatoms. The van der Waals surface area contributed by atoms with Gasteiger partial charge in [0.25, 0.3) is 0 Å². The van der Waals surface area contributed by atoms with Crippen LogP contribution < -0.4 is 0 Å². The summed E-state index contributed by atoms with van der Waals surface area (Å²) in [5.74, 6) is 0.524. The molecule has 0 unspecified atom stereocenters. The van der Waals surface area contributed by atoms with Crippen molar-refractivity contribution in [3.05, 3.63) is 0 Å². The van der Waals surface area contributed by atoms with Crippen LogP contribution in [0.15, 0.2) is 0 Å². The molecular formula is C9H19NOSi. The molecule has 0 aliphatic rings. The fourth-order valence-electron chi connectivity index (χ4n) is 0.787. The quantitative estimate of drug-likeness (QED) is 0.617. The SMILES string of the molecule is C[C@@H](CCC#N)CO[Si](C)(C)C. The molecule has 70 valence electrons. The van der Waals surface area contributed by atoms with E-state index in [1.165, 1.54) is 0 Å². The van der Waals surface area contributed by atoms with Crippen molar-refractivity contribution < 1.29 is 4.43 Å². The molecular weight excluding hydrogens is 166 g/mol. The lowest BCUT2D eigenvalue weighted by Gasteiger charge is -2.20. The Hall–Kier alpha value is -0.333. The molecule has 0 fully saturated rings. The van der Waals surface area contributed by atoms with E-state index in [4.69, 9.17) is 9.69 Å². The number of nitrogens with zero attached hydrogens (tertiary/aromatic N) is 1. The van der Waals surface area contributed by atoms with E-state index in [0.717, 1.165) is 13.0 Å². The van der Waals surface area contributed by atoms with Crippen LogP contribution in [-0.4, -0.2) is 14.9 Å². The third-order valence-corrected chi connectivity index (χ3v) is 2.58. The second kappa shape index (κ2) is 5.34. The van der Waals surface area contributed by atoms with Gasteiger partial charge in [-0.25, -0.2) is 0 Å². The molecule has 12 heavy (non-hydrogen) atoms. The molecule has 0 aromatic heterocycles. The number of rotatable bonds is 5. The van der Waals surface area contributed by atoms with Crippen LogP contribution in [0.5, 0.6) is 0 Å². The van der Waals surface area contributed by atoms with Gasteiger partial charge in [-0.15, -0.1) is 0 Å². The Kier molecular flexibility index (Phi) is 5.19. The lowest BCUT2D eigenvalue weighted by Crippen LogP contribution is -2.27. The van der Waals surface area contributed by atoms with Gasteiger partial charge in [0.05, 0.1) is 6.07 Å². The minimum atomic E-state index is -1.34. The van der Waals surface area contributed by atoms with E-state index in [9.17, 15) is 0 Å². The third-order valence-electron chi connectivity index (χ3n) is 1.55. The Morgan fingerprint density at radius 1 is 1.42 bits per heavy atom. The molecule has 0 bridgehead atoms. The van der Waals surface area contributed by atoms with E-state index in [-0.39, 0.29) is 0 Å². The fraction of sp³-hybridized carbons (Fsp3) is 0.889. The van der Waals surface area contributed by atoms with Gasteiger partial charge in [0.15, 0.2) is 8.32 Å². The van der Waals surface area contributed by atoms with Crippen LogP contribution in [0.3, 0.4) is 0 Å². The minimum absolute atomic E-state index is 0.524. The summed E-state index contributed by atoms with van der Waals surface area (Å²) in [6.45, 7) is 9.51. The topological polar surface area (TPSA) is 33.0 Å². The van der Waals surface area contributed by atoms with E-state index in [2.05, 4.69) is 32.6 Å². The first-order valence-corrected chi connectivity index (χ1v) is 7.87. The standard InChI is InChI=1S/C9H19NOSi/c1-9(6-5-7-10)8-11-12(2,3)4/h9H,5-6,8H2,1-4H3/t9-/m0/s1. The monoisotopic (exact) mass is 185 g/mol. The maximum absolute atomic E-state index is 8.36. The molecule has 0 radical (unpaired) electrons. The summed E-state index contributed by atoms with van der Waals surface area (Å²) >= 11 is 0. The smallest absolute Gasteiger partial charge is 0.183 e. The molecule has 0 aromatic rings. The lowest BCUT2D eigenvalue weighted by molar-refractivity contribution is 0.247. The zero-order valence-corrected chi connectivity index (χ0v) is 9.55. The van der Waals surface area contributed by atoms with Crippen molar-refractivity contribution in [2.24, 2.45) is 5.92 Å². The van der Waals surface area contributed by atoms with Gasteiger partial charge in [0, 0.05) is 13.0 Å². The summed E-state index contributed by atoms with van der Waals surface area (Å²) in [7, 11) is -1.34. The summed E-state index contributed by atoms with van der Waals surface area (Å²) in [6.07, 6.45) is 1.61. The molecule has 0 N–H and O–H groups in total. The van der Waals surface area contributed by atoms with Gasteiger partial charge in [-0.3, -0.25) is 0 Å². The average Bonchev–Trinajstić information content (AvgIpc) is 1.95. The van der Waals surface area contributed by atoms with Crippen molar-refractivity contribution in [1.82, 2.24) is 0 Å². The summed E-state index contributed by atoms with van der Waals surface area (Å²) in [5, 5.41) is 8.36.